The average molecular weight is 324 g/mol. The minimum atomic E-state index is -0.343. The van der Waals surface area contributed by atoms with Crippen LogP contribution in [-0.4, -0.2) is 15.9 Å². The van der Waals surface area contributed by atoms with Gasteiger partial charge in [0.15, 0.2) is 5.82 Å². The van der Waals surface area contributed by atoms with Crippen LogP contribution in [0, 0.1) is 0 Å². The van der Waals surface area contributed by atoms with Gasteiger partial charge in [-0.2, -0.15) is 4.98 Å². The van der Waals surface area contributed by atoms with Crippen LogP contribution in [0.2, 0.25) is 0 Å². The molecule has 2 heterocycles. The molecule has 4 nitrogen and oxygen atoms in total. The van der Waals surface area contributed by atoms with Gasteiger partial charge in [-0.1, -0.05) is 23.4 Å². The average Bonchev–Trinajstić information content (AvgIpc) is 2.94. The quantitative estimate of drug-likeness (QED) is 0.917. The van der Waals surface area contributed by atoms with E-state index in [0.717, 1.165) is 37.3 Å². The van der Waals surface area contributed by atoms with Crippen LogP contribution in [0.3, 0.4) is 0 Å². The number of benzene rings is 1. The Labute approximate surface area is 134 Å². The molecule has 1 aliphatic carbocycles. The highest BCUT2D eigenvalue weighted by molar-refractivity contribution is 7.99. The van der Waals surface area contributed by atoms with E-state index in [-0.39, 0.29) is 23.9 Å². The smallest absolute Gasteiger partial charge is 0.234 e. The molecule has 1 aromatic heterocycles. The number of halogens is 1. The molecule has 1 aromatic carbocycles. The summed E-state index contributed by atoms with van der Waals surface area (Å²) in [6.45, 7) is 0. The van der Waals surface area contributed by atoms with E-state index in [1.165, 1.54) is 10.5 Å². The molecule has 2 aliphatic rings. The number of nitrogens with two attached hydrogens (primary N) is 1. The molecule has 6 heteroatoms. The van der Waals surface area contributed by atoms with E-state index in [9.17, 15) is 0 Å². The van der Waals surface area contributed by atoms with Gasteiger partial charge in [0.05, 0.1) is 11.5 Å². The molecule has 112 valence electrons. The highest BCUT2D eigenvalue weighted by Gasteiger charge is 2.40. The summed E-state index contributed by atoms with van der Waals surface area (Å²) in [5, 5.41) is 4.14. The Hall–Kier alpha value is -1.04. The van der Waals surface area contributed by atoms with E-state index in [1.807, 2.05) is 11.8 Å². The number of thioether (sulfide) groups is 1. The van der Waals surface area contributed by atoms with E-state index in [2.05, 4.69) is 34.4 Å². The fourth-order valence-corrected chi connectivity index (χ4v) is 4.08. The molecule has 21 heavy (non-hydrogen) atoms. The van der Waals surface area contributed by atoms with E-state index in [4.69, 9.17) is 10.3 Å². The Balaban J connectivity index is 0.00000132. The standard InChI is InChI=1S/C15H17N3OS.ClH/c16-15(7-3-8-15)14-17-13(19-18-14)11-6-9-20-12-5-2-1-4-10(11)12;/h1-2,4-5,11H,3,6-9,16H2;1H. The van der Waals surface area contributed by atoms with Crippen molar-refractivity contribution in [2.45, 2.75) is 42.0 Å². The fraction of sp³-hybridized carbons (Fsp3) is 0.467. The Morgan fingerprint density at radius 1 is 1.29 bits per heavy atom. The topological polar surface area (TPSA) is 64.9 Å². The Morgan fingerprint density at radius 2 is 2.10 bits per heavy atom. The van der Waals surface area contributed by atoms with E-state index >= 15 is 0 Å². The van der Waals surface area contributed by atoms with Crippen LogP contribution < -0.4 is 5.73 Å². The summed E-state index contributed by atoms with van der Waals surface area (Å²) in [6, 6.07) is 8.49. The highest BCUT2D eigenvalue weighted by atomic mass is 35.5. The summed E-state index contributed by atoms with van der Waals surface area (Å²) >= 11 is 1.90. The van der Waals surface area contributed by atoms with Gasteiger partial charge in [0.25, 0.3) is 0 Å². The molecule has 1 saturated carbocycles. The normalized spacial score (nSPS) is 22.8. The van der Waals surface area contributed by atoms with Crippen LogP contribution in [-0.2, 0) is 5.54 Å². The van der Waals surface area contributed by atoms with Crippen molar-refractivity contribution < 1.29 is 4.52 Å². The van der Waals surface area contributed by atoms with E-state index in [0.29, 0.717) is 5.82 Å². The lowest BCUT2D eigenvalue weighted by molar-refractivity contribution is 0.228. The lowest BCUT2D eigenvalue weighted by Crippen LogP contribution is -2.44. The fourth-order valence-electron chi connectivity index (χ4n) is 2.96. The summed E-state index contributed by atoms with van der Waals surface area (Å²) in [6.07, 6.45) is 4.12. The third kappa shape index (κ3) is 2.47. The van der Waals surface area contributed by atoms with Gasteiger partial charge in [0.2, 0.25) is 5.89 Å². The molecular weight excluding hydrogens is 306 g/mol. The van der Waals surface area contributed by atoms with Crippen molar-refractivity contribution in [2.24, 2.45) is 5.73 Å². The maximum absolute atomic E-state index is 6.27. The van der Waals surface area contributed by atoms with Gasteiger partial charge in [0.1, 0.15) is 0 Å². The third-order valence-electron chi connectivity index (χ3n) is 4.39. The highest BCUT2D eigenvalue weighted by Crippen LogP contribution is 2.42. The molecule has 0 spiro atoms. The maximum atomic E-state index is 6.27. The van der Waals surface area contributed by atoms with Crippen LogP contribution in [0.15, 0.2) is 33.7 Å². The number of rotatable bonds is 2. The first-order valence-corrected chi connectivity index (χ1v) is 8.09. The van der Waals surface area contributed by atoms with Gasteiger partial charge in [-0.15, -0.1) is 24.2 Å². The second kappa shape index (κ2) is 5.63. The third-order valence-corrected chi connectivity index (χ3v) is 5.51. The molecule has 0 amide bonds. The van der Waals surface area contributed by atoms with Crippen LogP contribution in [0.5, 0.6) is 0 Å². The van der Waals surface area contributed by atoms with Crippen molar-refractivity contribution >= 4 is 24.2 Å². The molecule has 0 saturated heterocycles. The molecule has 0 bridgehead atoms. The monoisotopic (exact) mass is 323 g/mol. The molecular formula is C15H18ClN3OS. The van der Waals surface area contributed by atoms with Crippen molar-refractivity contribution in [3.63, 3.8) is 0 Å². The first-order valence-electron chi connectivity index (χ1n) is 7.11. The Morgan fingerprint density at radius 3 is 2.86 bits per heavy atom. The van der Waals surface area contributed by atoms with Crippen molar-refractivity contribution in [1.29, 1.82) is 0 Å². The largest absolute Gasteiger partial charge is 0.339 e. The van der Waals surface area contributed by atoms with Gasteiger partial charge in [-0.05, 0) is 43.1 Å². The van der Waals surface area contributed by atoms with Gasteiger partial charge < -0.3 is 10.3 Å². The lowest BCUT2D eigenvalue weighted by atomic mass is 9.77. The summed E-state index contributed by atoms with van der Waals surface area (Å²) < 4.78 is 5.53. The van der Waals surface area contributed by atoms with Crippen molar-refractivity contribution in [3.8, 4) is 0 Å². The molecule has 2 aromatic rings. The van der Waals surface area contributed by atoms with Crippen LogP contribution >= 0.6 is 24.2 Å². The number of fused-ring (bicyclic) bond motifs is 1. The number of nitrogens with zero attached hydrogens (tertiary/aromatic N) is 2. The predicted molar refractivity (Wildman–Crippen MR) is 84.9 cm³/mol. The van der Waals surface area contributed by atoms with Gasteiger partial charge in [-0.3, -0.25) is 0 Å². The van der Waals surface area contributed by atoms with Crippen LogP contribution in [0.1, 0.15) is 48.9 Å². The maximum Gasteiger partial charge on any atom is 0.234 e. The minimum Gasteiger partial charge on any atom is -0.339 e. The lowest BCUT2D eigenvalue weighted by Gasteiger charge is -2.34. The zero-order valence-electron chi connectivity index (χ0n) is 11.6. The Bertz CT molecular complexity index is 641. The van der Waals surface area contributed by atoms with Crippen molar-refractivity contribution in [1.82, 2.24) is 10.1 Å². The zero-order valence-corrected chi connectivity index (χ0v) is 13.3. The summed E-state index contributed by atoms with van der Waals surface area (Å²) in [7, 11) is 0. The minimum absolute atomic E-state index is 0. The number of aromatic nitrogens is 2. The molecule has 1 unspecified atom stereocenters. The first-order chi connectivity index (χ1) is 9.76. The van der Waals surface area contributed by atoms with Crippen molar-refractivity contribution in [3.05, 3.63) is 41.5 Å². The zero-order chi connectivity index (χ0) is 13.6. The molecule has 1 atom stereocenters. The summed E-state index contributed by atoms with van der Waals surface area (Å²) in [5.41, 5.74) is 7.23. The van der Waals surface area contributed by atoms with Crippen LogP contribution in [0.4, 0.5) is 0 Å². The number of hydrogen-bond acceptors (Lipinski definition) is 5. The number of hydrogen-bond donors (Lipinski definition) is 1. The molecule has 1 aliphatic heterocycles. The van der Waals surface area contributed by atoms with E-state index < -0.39 is 0 Å². The SMILES string of the molecule is Cl.NC1(c2noc(C3CCSc4ccccc43)n2)CCC1. The van der Waals surface area contributed by atoms with Gasteiger partial charge in [0, 0.05) is 4.90 Å². The van der Waals surface area contributed by atoms with Gasteiger partial charge in [-0.25, -0.2) is 0 Å². The first kappa shape index (κ1) is 14.9. The van der Waals surface area contributed by atoms with E-state index in [1.54, 1.807) is 0 Å². The van der Waals surface area contributed by atoms with Gasteiger partial charge >= 0.3 is 0 Å². The van der Waals surface area contributed by atoms with Crippen molar-refractivity contribution in [2.75, 3.05) is 5.75 Å². The second-order valence-corrected chi connectivity index (χ2v) is 6.83. The predicted octanol–water partition coefficient (Wildman–Crippen LogP) is 3.46. The van der Waals surface area contributed by atoms with Crippen LogP contribution in [0.25, 0.3) is 0 Å². The summed E-state index contributed by atoms with van der Waals surface area (Å²) in [5.74, 6) is 2.73. The molecule has 0 radical (unpaired) electrons. The molecule has 1 fully saturated rings. The Kier molecular flexibility index (Phi) is 3.99. The molecule has 4 rings (SSSR count). The molecule has 2 N–H and O–H groups in total. The second-order valence-electron chi connectivity index (χ2n) is 5.69. The summed E-state index contributed by atoms with van der Waals surface area (Å²) in [4.78, 5) is 5.94.